The summed E-state index contributed by atoms with van der Waals surface area (Å²) in [5.41, 5.74) is 8.07. The zero-order chi connectivity index (χ0) is 27.6. The average Bonchev–Trinajstić information content (AvgIpc) is 2.91. The number of hydrogen-bond acceptors (Lipinski definition) is 8. The highest BCUT2D eigenvalue weighted by molar-refractivity contribution is 6.30. The van der Waals surface area contributed by atoms with Gasteiger partial charge in [-0.05, 0) is 60.7 Å². The number of carbonyl (C=O) groups excluding carboxylic acids is 1. The minimum atomic E-state index is -4.77. The Morgan fingerprint density at radius 2 is 1.56 bits per heavy atom. The van der Waals surface area contributed by atoms with Gasteiger partial charge in [-0.3, -0.25) is 4.79 Å². The summed E-state index contributed by atoms with van der Waals surface area (Å²) >= 11 is 5.88. The molecule has 1 aliphatic rings. The van der Waals surface area contributed by atoms with Gasteiger partial charge in [0.1, 0.15) is 17.0 Å². The fourth-order valence-electron chi connectivity index (χ4n) is 4.16. The number of amides is 1. The summed E-state index contributed by atoms with van der Waals surface area (Å²) in [6.07, 6.45) is -4.77. The van der Waals surface area contributed by atoms with Gasteiger partial charge in [0.05, 0.1) is 11.2 Å². The number of aromatic nitrogens is 3. The van der Waals surface area contributed by atoms with Gasteiger partial charge in [-0.15, -0.1) is 13.2 Å². The Bertz CT molecular complexity index is 1480. The second-order valence-electron chi connectivity index (χ2n) is 8.65. The molecule has 3 heterocycles. The van der Waals surface area contributed by atoms with Crippen LogP contribution in [0.1, 0.15) is 0 Å². The van der Waals surface area contributed by atoms with Gasteiger partial charge in [0.2, 0.25) is 5.95 Å². The molecule has 2 N–H and O–H groups in total. The number of nitrogens with zero attached hydrogens (tertiary/aromatic N) is 5. The number of rotatable bonds is 6. The second-order valence-corrected chi connectivity index (χ2v) is 9.09. The van der Waals surface area contributed by atoms with Crippen molar-refractivity contribution in [3.05, 3.63) is 65.7 Å². The molecule has 1 amide bonds. The number of piperazine rings is 1. The van der Waals surface area contributed by atoms with E-state index in [-0.39, 0.29) is 24.2 Å². The molecule has 0 bridgehead atoms. The van der Waals surface area contributed by atoms with Gasteiger partial charge in [0.15, 0.2) is 12.4 Å². The van der Waals surface area contributed by atoms with E-state index in [0.29, 0.717) is 65.1 Å². The van der Waals surface area contributed by atoms with E-state index in [1.807, 2.05) is 4.90 Å². The lowest BCUT2D eigenvalue weighted by Crippen LogP contribution is -2.50. The van der Waals surface area contributed by atoms with E-state index < -0.39 is 6.36 Å². The quantitative estimate of drug-likeness (QED) is 0.367. The first-order valence-corrected chi connectivity index (χ1v) is 12.2. The highest BCUT2D eigenvalue weighted by atomic mass is 35.5. The van der Waals surface area contributed by atoms with E-state index in [4.69, 9.17) is 27.1 Å². The van der Waals surface area contributed by atoms with Gasteiger partial charge in [-0.2, -0.15) is 4.98 Å². The van der Waals surface area contributed by atoms with Gasteiger partial charge in [0, 0.05) is 36.8 Å². The first-order valence-electron chi connectivity index (χ1n) is 11.9. The van der Waals surface area contributed by atoms with Crippen molar-refractivity contribution in [2.45, 2.75) is 6.36 Å². The molecule has 1 aliphatic heterocycles. The maximum atomic E-state index is 12.7. The molecule has 4 aromatic rings. The third-order valence-electron chi connectivity index (χ3n) is 6.03. The predicted octanol–water partition coefficient (Wildman–Crippen LogP) is 4.55. The average molecular weight is 559 g/mol. The minimum absolute atomic E-state index is 0.0792. The molecule has 2 aromatic carbocycles. The zero-order valence-electron chi connectivity index (χ0n) is 20.4. The van der Waals surface area contributed by atoms with Crippen LogP contribution in [0.5, 0.6) is 11.5 Å². The number of nitrogens with two attached hydrogens (primary N) is 1. The van der Waals surface area contributed by atoms with Crippen molar-refractivity contribution in [1.29, 1.82) is 0 Å². The van der Waals surface area contributed by atoms with Gasteiger partial charge in [0.25, 0.3) is 5.91 Å². The molecule has 0 aliphatic carbocycles. The third-order valence-corrected chi connectivity index (χ3v) is 6.28. The molecule has 2 aromatic heterocycles. The Morgan fingerprint density at radius 1 is 0.897 bits per heavy atom. The summed E-state index contributed by atoms with van der Waals surface area (Å²) in [5, 5.41) is 0.581. The summed E-state index contributed by atoms with van der Waals surface area (Å²) in [5.74, 6) is 0.681. The number of benzene rings is 2. The maximum Gasteiger partial charge on any atom is 0.573 e. The van der Waals surface area contributed by atoms with Crippen LogP contribution in [-0.4, -0.2) is 64.9 Å². The molecule has 39 heavy (non-hydrogen) atoms. The van der Waals surface area contributed by atoms with Crippen LogP contribution in [0.25, 0.3) is 22.3 Å². The maximum absolute atomic E-state index is 12.7. The van der Waals surface area contributed by atoms with Crippen LogP contribution < -0.4 is 20.1 Å². The Labute approximate surface area is 225 Å². The summed E-state index contributed by atoms with van der Waals surface area (Å²) in [4.78, 5) is 29.7. The SMILES string of the molecule is Nc1nc(N2CCN(C(=O)COc3ccc(Cl)cc3)CC2)c2nc(-c3ccc(OC(F)(F)F)cc3)ccc2n1. The third kappa shape index (κ3) is 6.40. The first-order chi connectivity index (χ1) is 18.6. The molecule has 13 heteroatoms. The van der Waals surface area contributed by atoms with Gasteiger partial charge < -0.3 is 25.0 Å². The van der Waals surface area contributed by atoms with Crippen molar-refractivity contribution in [3.63, 3.8) is 0 Å². The molecular weight excluding hydrogens is 537 g/mol. The van der Waals surface area contributed by atoms with Crippen LogP contribution >= 0.6 is 11.6 Å². The number of nitrogen functional groups attached to an aromatic ring is 1. The van der Waals surface area contributed by atoms with E-state index in [1.54, 1.807) is 41.3 Å². The Hall–Kier alpha value is -4.32. The van der Waals surface area contributed by atoms with Crippen molar-refractivity contribution in [3.8, 4) is 22.8 Å². The monoisotopic (exact) mass is 558 g/mol. The summed E-state index contributed by atoms with van der Waals surface area (Å²) in [6.45, 7) is 1.74. The highest BCUT2D eigenvalue weighted by Gasteiger charge is 2.31. The number of fused-ring (bicyclic) bond motifs is 1. The summed E-state index contributed by atoms with van der Waals surface area (Å²) in [6, 6.07) is 15.6. The molecule has 0 radical (unpaired) electrons. The van der Waals surface area contributed by atoms with Crippen molar-refractivity contribution in [1.82, 2.24) is 19.9 Å². The van der Waals surface area contributed by atoms with E-state index in [9.17, 15) is 18.0 Å². The van der Waals surface area contributed by atoms with Crippen LogP contribution in [0.2, 0.25) is 5.02 Å². The molecule has 0 saturated carbocycles. The standard InChI is InChI=1S/C26H22ClF3N6O3/c27-17-3-7-18(8-4-17)38-15-22(37)35-11-13-36(14-12-35)24-23-21(33-25(31)34-24)10-9-20(32-23)16-1-5-19(6-2-16)39-26(28,29)30/h1-10H,11-15H2,(H2,31,33,34). The van der Waals surface area contributed by atoms with E-state index in [2.05, 4.69) is 14.7 Å². The molecule has 0 unspecified atom stereocenters. The highest BCUT2D eigenvalue weighted by Crippen LogP contribution is 2.29. The largest absolute Gasteiger partial charge is 0.573 e. The number of alkyl halides is 3. The Kier molecular flexibility index (Phi) is 7.29. The smallest absolute Gasteiger partial charge is 0.484 e. The van der Waals surface area contributed by atoms with Gasteiger partial charge >= 0.3 is 6.36 Å². The van der Waals surface area contributed by atoms with Crippen molar-refractivity contribution in [2.24, 2.45) is 0 Å². The lowest BCUT2D eigenvalue weighted by atomic mass is 10.1. The lowest BCUT2D eigenvalue weighted by molar-refractivity contribution is -0.274. The predicted molar refractivity (Wildman–Crippen MR) is 140 cm³/mol. The van der Waals surface area contributed by atoms with Crippen LogP contribution in [0, 0.1) is 0 Å². The molecule has 9 nitrogen and oxygen atoms in total. The number of pyridine rings is 1. The van der Waals surface area contributed by atoms with Gasteiger partial charge in [-0.1, -0.05) is 11.6 Å². The topological polar surface area (TPSA) is 107 Å². The zero-order valence-corrected chi connectivity index (χ0v) is 21.1. The molecular formula is C26H22ClF3N6O3. The number of carbonyl (C=O) groups is 1. The Morgan fingerprint density at radius 3 is 2.23 bits per heavy atom. The van der Waals surface area contributed by atoms with Gasteiger partial charge in [-0.25, -0.2) is 9.97 Å². The first kappa shape index (κ1) is 26.3. The molecule has 5 rings (SSSR count). The van der Waals surface area contributed by atoms with Crippen LogP contribution in [0.3, 0.4) is 0 Å². The fraction of sp³-hybridized carbons (Fsp3) is 0.231. The van der Waals surface area contributed by atoms with Crippen molar-refractivity contribution in [2.75, 3.05) is 43.4 Å². The fourth-order valence-corrected chi connectivity index (χ4v) is 4.29. The Balaban J connectivity index is 1.29. The lowest BCUT2D eigenvalue weighted by Gasteiger charge is -2.35. The van der Waals surface area contributed by atoms with Crippen LogP contribution in [-0.2, 0) is 4.79 Å². The molecule has 0 spiro atoms. The molecule has 0 atom stereocenters. The van der Waals surface area contributed by atoms with E-state index in [1.165, 1.54) is 24.3 Å². The normalized spacial score (nSPS) is 13.9. The number of hydrogen-bond donors (Lipinski definition) is 1. The van der Waals surface area contributed by atoms with Crippen molar-refractivity contribution < 1.29 is 27.4 Å². The number of halogens is 4. The van der Waals surface area contributed by atoms with E-state index >= 15 is 0 Å². The van der Waals surface area contributed by atoms with Crippen LogP contribution in [0.15, 0.2) is 60.7 Å². The summed E-state index contributed by atoms with van der Waals surface area (Å²) in [7, 11) is 0. The second kappa shape index (κ2) is 10.8. The number of ether oxygens (including phenoxy) is 2. The molecule has 1 saturated heterocycles. The number of anilines is 2. The minimum Gasteiger partial charge on any atom is -0.484 e. The summed E-state index contributed by atoms with van der Waals surface area (Å²) < 4.78 is 47.0. The molecule has 1 fully saturated rings. The van der Waals surface area contributed by atoms with Crippen molar-refractivity contribution >= 4 is 40.3 Å². The molecule has 202 valence electrons. The van der Waals surface area contributed by atoms with Crippen LogP contribution in [0.4, 0.5) is 24.9 Å². The van der Waals surface area contributed by atoms with E-state index in [0.717, 1.165) is 0 Å².